The maximum Gasteiger partial charge on any atom is 0.258 e. The molecule has 0 spiro atoms. The zero-order valence-corrected chi connectivity index (χ0v) is 16.7. The van der Waals surface area contributed by atoms with E-state index in [9.17, 15) is 4.79 Å². The third-order valence-electron chi connectivity index (χ3n) is 3.78. The van der Waals surface area contributed by atoms with E-state index in [2.05, 4.69) is 10.3 Å². The van der Waals surface area contributed by atoms with Crippen LogP contribution in [0.3, 0.4) is 0 Å². The van der Waals surface area contributed by atoms with E-state index in [4.69, 9.17) is 9.47 Å². The van der Waals surface area contributed by atoms with Gasteiger partial charge in [0.25, 0.3) is 5.91 Å². The van der Waals surface area contributed by atoms with Gasteiger partial charge < -0.3 is 14.8 Å². The van der Waals surface area contributed by atoms with Crippen molar-refractivity contribution in [2.75, 3.05) is 18.5 Å². The molecule has 1 N–H and O–H groups in total. The molecule has 0 bridgehead atoms. The van der Waals surface area contributed by atoms with E-state index in [-0.39, 0.29) is 5.91 Å². The zero-order valence-electron chi connectivity index (χ0n) is 15.8. The van der Waals surface area contributed by atoms with Gasteiger partial charge in [-0.05, 0) is 50.2 Å². The van der Waals surface area contributed by atoms with Crippen LogP contribution < -0.4 is 14.8 Å². The second-order valence-electron chi connectivity index (χ2n) is 5.75. The summed E-state index contributed by atoms with van der Waals surface area (Å²) in [5, 5.41) is 3.58. The maximum absolute atomic E-state index is 13.0. The van der Waals surface area contributed by atoms with Gasteiger partial charge in [0.1, 0.15) is 16.5 Å². The summed E-state index contributed by atoms with van der Waals surface area (Å²) < 4.78 is 11.2. The summed E-state index contributed by atoms with van der Waals surface area (Å²) in [5.74, 6) is 1.02. The van der Waals surface area contributed by atoms with E-state index >= 15 is 0 Å². The number of ether oxygens (including phenoxy) is 2. The second-order valence-corrected chi connectivity index (χ2v) is 6.81. The second kappa shape index (κ2) is 9.80. The number of pyridine rings is 1. The van der Waals surface area contributed by atoms with Gasteiger partial charge in [-0.3, -0.25) is 4.79 Å². The topological polar surface area (TPSA) is 60.5 Å². The van der Waals surface area contributed by atoms with Crippen molar-refractivity contribution in [1.82, 2.24) is 4.98 Å². The van der Waals surface area contributed by atoms with Crippen molar-refractivity contribution < 1.29 is 14.3 Å². The number of carbonyl (C=O) groups is 1. The van der Waals surface area contributed by atoms with Gasteiger partial charge in [0.2, 0.25) is 0 Å². The van der Waals surface area contributed by atoms with Crippen LogP contribution in [-0.2, 0) is 0 Å². The Morgan fingerprint density at radius 3 is 2.54 bits per heavy atom. The molecule has 1 aromatic heterocycles. The van der Waals surface area contributed by atoms with Crippen molar-refractivity contribution in [3.63, 3.8) is 0 Å². The van der Waals surface area contributed by atoms with Gasteiger partial charge in [0, 0.05) is 17.2 Å². The van der Waals surface area contributed by atoms with E-state index < -0.39 is 0 Å². The third kappa shape index (κ3) is 5.04. The highest BCUT2D eigenvalue weighted by Gasteiger charge is 2.16. The predicted molar refractivity (Wildman–Crippen MR) is 112 cm³/mol. The lowest BCUT2D eigenvalue weighted by atomic mass is 10.2. The number of aromatic nitrogens is 1. The Kier molecular flexibility index (Phi) is 6.92. The Hall–Kier alpha value is -2.99. The Morgan fingerprint density at radius 1 is 1.00 bits per heavy atom. The first-order chi connectivity index (χ1) is 13.7. The first kappa shape index (κ1) is 19.8. The highest BCUT2D eigenvalue weighted by atomic mass is 32.2. The zero-order chi connectivity index (χ0) is 19.8. The van der Waals surface area contributed by atoms with Crippen LogP contribution in [-0.4, -0.2) is 24.1 Å². The van der Waals surface area contributed by atoms with Gasteiger partial charge in [0.15, 0.2) is 0 Å². The molecule has 1 amide bonds. The smallest absolute Gasteiger partial charge is 0.258 e. The molecular weight excluding hydrogens is 372 g/mol. The normalized spacial score (nSPS) is 10.4. The van der Waals surface area contributed by atoms with Crippen LogP contribution in [0, 0.1) is 0 Å². The molecule has 0 aliphatic rings. The van der Waals surface area contributed by atoms with Gasteiger partial charge in [-0.2, -0.15) is 0 Å². The molecular formula is C22H22N2O3S. The van der Waals surface area contributed by atoms with Crippen molar-refractivity contribution in [3.8, 4) is 11.5 Å². The number of hydrogen-bond acceptors (Lipinski definition) is 5. The molecule has 0 aliphatic heterocycles. The molecule has 3 aromatic rings. The molecule has 0 saturated heterocycles. The maximum atomic E-state index is 13.0. The fourth-order valence-corrected chi connectivity index (χ4v) is 3.48. The summed E-state index contributed by atoms with van der Waals surface area (Å²) >= 11 is 1.45. The largest absolute Gasteiger partial charge is 0.494 e. The van der Waals surface area contributed by atoms with E-state index in [1.165, 1.54) is 11.8 Å². The lowest BCUT2D eigenvalue weighted by molar-refractivity contribution is 0.102. The fourth-order valence-electron chi connectivity index (χ4n) is 2.58. The van der Waals surface area contributed by atoms with Crippen molar-refractivity contribution >= 4 is 23.4 Å². The predicted octanol–water partition coefficient (Wildman–Crippen LogP) is 5.28. The molecule has 28 heavy (non-hydrogen) atoms. The lowest BCUT2D eigenvalue weighted by Gasteiger charge is -2.14. The van der Waals surface area contributed by atoms with Crippen LogP contribution in [0.2, 0.25) is 0 Å². The Morgan fingerprint density at radius 2 is 1.79 bits per heavy atom. The Balaban J connectivity index is 1.86. The summed E-state index contributed by atoms with van der Waals surface area (Å²) in [5.41, 5.74) is 1.07. The monoisotopic (exact) mass is 394 g/mol. The van der Waals surface area contributed by atoms with Gasteiger partial charge in [0.05, 0.1) is 24.5 Å². The minimum atomic E-state index is -0.249. The summed E-state index contributed by atoms with van der Waals surface area (Å²) in [6.45, 7) is 4.86. The molecule has 0 unspecified atom stereocenters. The van der Waals surface area contributed by atoms with Crippen molar-refractivity contribution in [2.24, 2.45) is 0 Å². The molecule has 1 heterocycles. The first-order valence-electron chi connectivity index (χ1n) is 9.10. The molecule has 3 rings (SSSR count). The number of nitrogens with zero attached hydrogens (tertiary/aromatic N) is 1. The van der Waals surface area contributed by atoms with E-state index in [0.29, 0.717) is 41.0 Å². The Bertz CT molecular complexity index is 932. The van der Waals surface area contributed by atoms with Crippen molar-refractivity contribution in [3.05, 3.63) is 72.4 Å². The average molecular weight is 394 g/mol. The van der Waals surface area contributed by atoms with Gasteiger partial charge in [-0.15, -0.1) is 0 Å². The average Bonchev–Trinajstić information content (AvgIpc) is 2.71. The molecule has 0 aliphatic carbocycles. The van der Waals surface area contributed by atoms with Crippen LogP contribution in [0.5, 0.6) is 11.5 Å². The molecule has 0 saturated carbocycles. The Labute approximate surface area is 169 Å². The minimum absolute atomic E-state index is 0.249. The van der Waals surface area contributed by atoms with Crippen molar-refractivity contribution in [2.45, 2.75) is 23.8 Å². The summed E-state index contributed by atoms with van der Waals surface area (Å²) in [6, 6.07) is 18.8. The summed E-state index contributed by atoms with van der Waals surface area (Å²) in [4.78, 5) is 18.4. The van der Waals surface area contributed by atoms with Crippen LogP contribution in [0.1, 0.15) is 24.2 Å². The number of rotatable bonds is 8. The molecule has 144 valence electrons. The number of nitrogens with one attached hydrogen (secondary N) is 1. The van der Waals surface area contributed by atoms with Crippen LogP contribution >= 0.6 is 11.8 Å². The molecule has 0 radical (unpaired) electrons. The van der Waals surface area contributed by atoms with Gasteiger partial charge in [-0.25, -0.2) is 4.98 Å². The molecule has 0 atom stereocenters. The highest BCUT2D eigenvalue weighted by molar-refractivity contribution is 7.99. The van der Waals surface area contributed by atoms with Crippen LogP contribution in [0.25, 0.3) is 0 Å². The SMILES string of the molecule is CCOc1ccc(OCC)c(NC(=O)c2cccnc2Sc2ccccc2)c1. The molecule has 6 heteroatoms. The van der Waals surface area contributed by atoms with Gasteiger partial charge >= 0.3 is 0 Å². The summed E-state index contributed by atoms with van der Waals surface area (Å²) in [7, 11) is 0. The summed E-state index contributed by atoms with van der Waals surface area (Å²) in [6.07, 6.45) is 1.68. The molecule has 5 nitrogen and oxygen atoms in total. The van der Waals surface area contributed by atoms with Crippen LogP contribution in [0.4, 0.5) is 5.69 Å². The third-order valence-corrected chi connectivity index (χ3v) is 4.81. The van der Waals surface area contributed by atoms with Crippen molar-refractivity contribution in [1.29, 1.82) is 0 Å². The van der Waals surface area contributed by atoms with E-state index in [1.54, 1.807) is 30.5 Å². The molecule has 0 fully saturated rings. The van der Waals surface area contributed by atoms with E-state index in [1.807, 2.05) is 50.2 Å². The van der Waals surface area contributed by atoms with E-state index in [0.717, 1.165) is 4.90 Å². The standard InChI is InChI=1S/C22H22N2O3S/c1-3-26-16-12-13-20(27-4-2)19(15-16)24-21(25)18-11-8-14-23-22(18)28-17-9-6-5-7-10-17/h5-15H,3-4H2,1-2H3,(H,24,25). The highest BCUT2D eigenvalue weighted by Crippen LogP contribution is 2.32. The number of amides is 1. The fraction of sp³-hybridized carbons (Fsp3) is 0.182. The minimum Gasteiger partial charge on any atom is -0.494 e. The lowest BCUT2D eigenvalue weighted by Crippen LogP contribution is -2.14. The number of benzene rings is 2. The number of anilines is 1. The molecule has 2 aromatic carbocycles. The van der Waals surface area contributed by atoms with Gasteiger partial charge in [-0.1, -0.05) is 30.0 Å². The quantitative estimate of drug-likeness (QED) is 0.563. The number of carbonyl (C=O) groups excluding carboxylic acids is 1. The first-order valence-corrected chi connectivity index (χ1v) is 9.91. The van der Waals surface area contributed by atoms with Crippen LogP contribution in [0.15, 0.2) is 76.8 Å². The number of hydrogen-bond donors (Lipinski definition) is 1.